The van der Waals surface area contributed by atoms with E-state index in [1.54, 1.807) is 0 Å². The lowest BCUT2D eigenvalue weighted by Gasteiger charge is -2.10. The van der Waals surface area contributed by atoms with Crippen molar-refractivity contribution in [1.82, 2.24) is 5.32 Å². The summed E-state index contributed by atoms with van der Waals surface area (Å²) in [7, 11) is 0. The summed E-state index contributed by atoms with van der Waals surface area (Å²) in [6, 6.07) is 21.7. The van der Waals surface area contributed by atoms with Crippen LogP contribution in [-0.2, 0) is 11.2 Å². The number of fused-ring (bicyclic) bond motifs is 1. The van der Waals surface area contributed by atoms with Crippen LogP contribution in [0.2, 0.25) is 0 Å². The molecule has 0 saturated carbocycles. The second-order valence-electron chi connectivity index (χ2n) is 5.81. The lowest BCUT2D eigenvalue weighted by molar-refractivity contribution is -0.118. The van der Waals surface area contributed by atoms with E-state index in [1.165, 1.54) is 0 Å². The molecule has 1 N–H and O–H groups in total. The summed E-state index contributed by atoms with van der Waals surface area (Å²) in [4.78, 5) is 22.9. The van der Waals surface area contributed by atoms with Crippen LogP contribution in [-0.4, -0.2) is 16.4 Å². The smallest absolute Gasteiger partial charge is 0.286 e. The van der Waals surface area contributed by atoms with E-state index >= 15 is 0 Å². The number of hydrogen-bond donors (Lipinski definition) is 1. The van der Waals surface area contributed by atoms with Gasteiger partial charge in [-0.3, -0.25) is 14.9 Å². The van der Waals surface area contributed by atoms with Gasteiger partial charge in [-0.2, -0.15) is 0 Å². The monoisotopic (exact) mass is 349 g/mol. The number of carbonyl (C=O) groups is 2. The summed E-state index contributed by atoms with van der Waals surface area (Å²) >= 11 is 1.05. The fraction of sp³-hybridized carbons (Fsp3) is 0.100. The van der Waals surface area contributed by atoms with Gasteiger partial charge in [0.25, 0.3) is 5.24 Å². The number of hydrogen-bond acceptors (Lipinski definition) is 4. The Labute approximate surface area is 149 Å². The highest BCUT2D eigenvalue weighted by Crippen LogP contribution is 2.30. The predicted molar refractivity (Wildman–Crippen MR) is 99.1 cm³/mol. The van der Waals surface area contributed by atoms with Gasteiger partial charge in [0, 0.05) is 5.39 Å². The average Bonchev–Trinajstić information content (AvgIpc) is 2.94. The largest absolute Gasteiger partial charge is 0.457 e. The van der Waals surface area contributed by atoms with Crippen LogP contribution in [0.15, 0.2) is 66.7 Å². The first-order valence-corrected chi connectivity index (χ1v) is 8.83. The van der Waals surface area contributed by atoms with Gasteiger partial charge in [0.15, 0.2) is 0 Å². The highest BCUT2D eigenvalue weighted by molar-refractivity contribution is 8.15. The Morgan fingerprint density at radius 1 is 0.920 bits per heavy atom. The minimum atomic E-state index is -0.350. The molecule has 1 atom stereocenters. The van der Waals surface area contributed by atoms with Crippen LogP contribution in [0, 0.1) is 0 Å². The van der Waals surface area contributed by atoms with Gasteiger partial charge in [-0.05, 0) is 35.6 Å². The van der Waals surface area contributed by atoms with Gasteiger partial charge >= 0.3 is 0 Å². The molecule has 0 aliphatic carbocycles. The van der Waals surface area contributed by atoms with Gasteiger partial charge in [0.05, 0.1) is 5.25 Å². The molecule has 0 radical (unpaired) electrons. The van der Waals surface area contributed by atoms with Crippen molar-refractivity contribution in [2.45, 2.75) is 11.7 Å². The number of thioether (sulfide) groups is 1. The summed E-state index contributed by atoms with van der Waals surface area (Å²) < 4.78 is 6.02. The fourth-order valence-electron chi connectivity index (χ4n) is 2.85. The number of amides is 2. The van der Waals surface area contributed by atoms with E-state index in [4.69, 9.17) is 4.74 Å². The molecule has 0 bridgehead atoms. The second kappa shape index (κ2) is 6.61. The van der Waals surface area contributed by atoms with Crippen molar-refractivity contribution in [3.05, 3.63) is 72.3 Å². The highest BCUT2D eigenvalue weighted by Gasteiger charge is 2.31. The van der Waals surface area contributed by atoms with Crippen LogP contribution < -0.4 is 10.1 Å². The molecule has 5 heteroatoms. The third-order valence-electron chi connectivity index (χ3n) is 4.09. The molecule has 25 heavy (non-hydrogen) atoms. The van der Waals surface area contributed by atoms with Gasteiger partial charge in [0.2, 0.25) is 5.91 Å². The first kappa shape index (κ1) is 15.7. The second-order valence-corrected chi connectivity index (χ2v) is 6.99. The summed E-state index contributed by atoms with van der Waals surface area (Å²) in [6.07, 6.45) is 0.525. The van der Waals surface area contributed by atoms with Gasteiger partial charge in [-0.1, -0.05) is 60.3 Å². The van der Waals surface area contributed by atoms with Crippen LogP contribution in [0.5, 0.6) is 11.5 Å². The van der Waals surface area contributed by atoms with Gasteiger partial charge in [-0.25, -0.2) is 0 Å². The molecule has 1 heterocycles. The molecule has 0 spiro atoms. The van der Waals surface area contributed by atoms with Crippen LogP contribution >= 0.6 is 11.8 Å². The SMILES string of the molecule is O=C1NC(=O)C(Cc2ccc(Oc3cccc4ccccc34)cc2)S1. The molecule has 3 aromatic rings. The van der Waals surface area contributed by atoms with Gasteiger partial charge in [-0.15, -0.1) is 0 Å². The maximum atomic E-state index is 11.6. The Morgan fingerprint density at radius 2 is 1.68 bits per heavy atom. The Hall–Kier alpha value is -2.79. The molecule has 1 aliphatic heterocycles. The zero-order valence-electron chi connectivity index (χ0n) is 13.3. The zero-order chi connectivity index (χ0) is 17.2. The van der Waals surface area contributed by atoms with Crippen molar-refractivity contribution in [3.8, 4) is 11.5 Å². The van der Waals surface area contributed by atoms with Gasteiger partial charge in [0.1, 0.15) is 11.5 Å². The number of nitrogens with one attached hydrogen (secondary N) is 1. The predicted octanol–water partition coefficient (Wildman–Crippen LogP) is 4.53. The number of rotatable bonds is 4. The Kier molecular flexibility index (Phi) is 4.15. The van der Waals surface area contributed by atoms with E-state index in [0.29, 0.717) is 6.42 Å². The quantitative estimate of drug-likeness (QED) is 0.752. The molecule has 4 rings (SSSR count). The number of imide groups is 1. The van der Waals surface area contributed by atoms with Crippen molar-refractivity contribution >= 4 is 33.7 Å². The minimum Gasteiger partial charge on any atom is -0.457 e. The number of carbonyl (C=O) groups excluding carboxylic acids is 2. The zero-order valence-corrected chi connectivity index (χ0v) is 14.1. The number of benzene rings is 3. The first-order valence-electron chi connectivity index (χ1n) is 7.95. The van der Waals surface area contributed by atoms with E-state index in [2.05, 4.69) is 17.4 Å². The Morgan fingerprint density at radius 3 is 2.44 bits per heavy atom. The lowest BCUT2D eigenvalue weighted by atomic mass is 10.1. The Balaban J connectivity index is 1.50. The van der Waals surface area contributed by atoms with Crippen LogP contribution in [0.25, 0.3) is 10.8 Å². The molecule has 4 nitrogen and oxygen atoms in total. The summed E-state index contributed by atoms with van der Waals surface area (Å²) in [5.41, 5.74) is 0.993. The molecule has 1 unspecified atom stereocenters. The molecule has 1 fully saturated rings. The third-order valence-corrected chi connectivity index (χ3v) is 5.07. The van der Waals surface area contributed by atoms with Crippen LogP contribution in [0.3, 0.4) is 0 Å². The third kappa shape index (κ3) is 3.37. The lowest BCUT2D eigenvalue weighted by Crippen LogP contribution is -2.25. The molecule has 2 amide bonds. The van der Waals surface area contributed by atoms with Crippen molar-refractivity contribution in [3.63, 3.8) is 0 Å². The van der Waals surface area contributed by atoms with E-state index < -0.39 is 0 Å². The van der Waals surface area contributed by atoms with E-state index in [9.17, 15) is 9.59 Å². The van der Waals surface area contributed by atoms with Crippen molar-refractivity contribution < 1.29 is 14.3 Å². The summed E-state index contributed by atoms with van der Waals surface area (Å²) in [5, 5.41) is 3.88. The summed E-state index contributed by atoms with van der Waals surface area (Å²) in [6.45, 7) is 0. The fourth-order valence-corrected chi connectivity index (χ4v) is 3.71. The first-order chi connectivity index (χ1) is 12.2. The molecule has 1 saturated heterocycles. The molecule has 3 aromatic carbocycles. The van der Waals surface area contributed by atoms with Crippen molar-refractivity contribution in [2.75, 3.05) is 0 Å². The maximum Gasteiger partial charge on any atom is 0.286 e. The van der Waals surface area contributed by atoms with Crippen molar-refractivity contribution in [1.29, 1.82) is 0 Å². The molecular weight excluding hydrogens is 334 g/mol. The standard InChI is InChI=1S/C20H15NO3S/c22-19-18(25-20(23)21-19)12-13-8-10-15(11-9-13)24-17-7-3-5-14-4-1-2-6-16(14)17/h1-11,18H,12H2,(H,21,22,23). The molecule has 0 aromatic heterocycles. The summed E-state index contributed by atoms with van der Waals surface area (Å²) in [5.74, 6) is 1.33. The highest BCUT2D eigenvalue weighted by atomic mass is 32.2. The Bertz CT molecular complexity index is 947. The van der Waals surface area contributed by atoms with Gasteiger partial charge < -0.3 is 4.74 Å². The van der Waals surface area contributed by atoms with E-state index in [-0.39, 0.29) is 16.4 Å². The maximum absolute atomic E-state index is 11.6. The van der Waals surface area contributed by atoms with Crippen LogP contribution in [0.1, 0.15) is 5.56 Å². The van der Waals surface area contributed by atoms with Crippen molar-refractivity contribution in [2.24, 2.45) is 0 Å². The molecular formula is C20H15NO3S. The van der Waals surface area contributed by atoms with E-state index in [0.717, 1.165) is 39.6 Å². The number of ether oxygens (including phenoxy) is 1. The average molecular weight is 349 g/mol. The topological polar surface area (TPSA) is 55.4 Å². The minimum absolute atomic E-state index is 0.217. The normalized spacial score (nSPS) is 16.9. The van der Waals surface area contributed by atoms with Crippen LogP contribution in [0.4, 0.5) is 4.79 Å². The molecule has 124 valence electrons. The van der Waals surface area contributed by atoms with E-state index in [1.807, 2.05) is 54.6 Å². The molecule has 1 aliphatic rings.